The van der Waals surface area contributed by atoms with E-state index in [1.165, 1.54) is 10.9 Å². The highest BCUT2D eigenvalue weighted by atomic mass is 16.5. The zero-order valence-electron chi connectivity index (χ0n) is 10.3. The van der Waals surface area contributed by atoms with Gasteiger partial charge >= 0.3 is 0 Å². The zero-order chi connectivity index (χ0) is 12.3. The Morgan fingerprint density at radius 1 is 1.12 bits per heavy atom. The van der Waals surface area contributed by atoms with E-state index in [0.29, 0.717) is 13.0 Å². The van der Waals surface area contributed by atoms with Crippen LogP contribution in [0.3, 0.4) is 0 Å². The van der Waals surface area contributed by atoms with E-state index in [0.717, 1.165) is 11.1 Å². The number of aryl methyl sites for hydroxylation is 1. The predicted molar refractivity (Wildman–Crippen MR) is 70.5 cm³/mol. The fourth-order valence-electron chi connectivity index (χ4n) is 1.89. The number of benzene rings is 2. The zero-order valence-corrected chi connectivity index (χ0v) is 10.3. The van der Waals surface area contributed by atoms with Crippen LogP contribution in [0.1, 0.15) is 18.9 Å². The van der Waals surface area contributed by atoms with E-state index in [9.17, 15) is 5.11 Å². The molecule has 0 spiro atoms. The second-order valence-corrected chi connectivity index (χ2v) is 4.41. The quantitative estimate of drug-likeness (QED) is 0.873. The lowest BCUT2D eigenvalue weighted by atomic mass is 10.0. The fourth-order valence-corrected chi connectivity index (χ4v) is 1.89. The van der Waals surface area contributed by atoms with E-state index in [1.54, 1.807) is 6.92 Å². The van der Waals surface area contributed by atoms with E-state index in [1.807, 2.05) is 18.2 Å². The third kappa shape index (κ3) is 2.77. The third-order valence-electron chi connectivity index (χ3n) is 2.90. The molecular formula is C15H18O2. The average Bonchev–Trinajstić information content (AvgIpc) is 2.32. The summed E-state index contributed by atoms with van der Waals surface area (Å²) >= 11 is 0. The molecule has 0 amide bonds. The van der Waals surface area contributed by atoms with Crippen LogP contribution in [0.15, 0.2) is 36.4 Å². The van der Waals surface area contributed by atoms with Gasteiger partial charge in [0.25, 0.3) is 0 Å². The van der Waals surface area contributed by atoms with Gasteiger partial charge in [0.2, 0.25) is 0 Å². The van der Waals surface area contributed by atoms with Crippen LogP contribution in [0.2, 0.25) is 0 Å². The van der Waals surface area contributed by atoms with Crippen molar-refractivity contribution in [2.45, 2.75) is 26.4 Å². The topological polar surface area (TPSA) is 29.5 Å². The van der Waals surface area contributed by atoms with Gasteiger partial charge < -0.3 is 9.84 Å². The minimum absolute atomic E-state index is 0.313. The number of hydrogen-bond acceptors (Lipinski definition) is 2. The smallest absolute Gasteiger partial charge is 0.127 e. The largest absolute Gasteiger partial charge is 0.493 e. The van der Waals surface area contributed by atoms with E-state index >= 15 is 0 Å². The van der Waals surface area contributed by atoms with Crippen molar-refractivity contribution in [1.82, 2.24) is 0 Å². The number of fused-ring (bicyclic) bond motifs is 1. The van der Waals surface area contributed by atoms with Gasteiger partial charge in [0.1, 0.15) is 5.75 Å². The molecule has 2 nitrogen and oxygen atoms in total. The molecule has 0 unspecified atom stereocenters. The maximum Gasteiger partial charge on any atom is 0.127 e. The molecule has 1 N–H and O–H groups in total. The van der Waals surface area contributed by atoms with Crippen molar-refractivity contribution in [1.29, 1.82) is 0 Å². The van der Waals surface area contributed by atoms with Gasteiger partial charge in [-0.1, -0.05) is 30.3 Å². The summed E-state index contributed by atoms with van der Waals surface area (Å²) in [5, 5.41) is 11.6. The molecule has 0 fully saturated rings. The first-order chi connectivity index (χ1) is 8.18. The first-order valence-corrected chi connectivity index (χ1v) is 5.97. The van der Waals surface area contributed by atoms with Gasteiger partial charge in [0, 0.05) is 11.8 Å². The summed E-state index contributed by atoms with van der Waals surface area (Å²) < 4.78 is 5.73. The number of hydrogen-bond donors (Lipinski definition) is 1. The Balaban J connectivity index is 2.26. The maximum absolute atomic E-state index is 9.21. The molecule has 0 heterocycles. The second-order valence-electron chi connectivity index (χ2n) is 4.41. The van der Waals surface area contributed by atoms with Gasteiger partial charge in [0.15, 0.2) is 0 Å². The molecule has 17 heavy (non-hydrogen) atoms. The van der Waals surface area contributed by atoms with Crippen LogP contribution in [0.4, 0.5) is 0 Å². The monoisotopic (exact) mass is 230 g/mol. The van der Waals surface area contributed by atoms with Gasteiger partial charge in [-0.3, -0.25) is 0 Å². The molecule has 1 atom stereocenters. The first-order valence-electron chi connectivity index (χ1n) is 5.97. The summed E-state index contributed by atoms with van der Waals surface area (Å²) in [7, 11) is 0. The van der Waals surface area contributed by atoms with E-state index in [2.05, 4.69) is 25.1 Å². The molecule has 0 aliphatic heterocycles. The van der Waals surface area contributed by atoms with Crippen LogP contribution in [0.25, 0.3) is 10.8 Å². The Kier molecular flexibility index (Phi) is 3.64. The molecule has 0 radical (unpaired) electrons. The highest BCUT2D eigenvalue weighted by Gasteiger charge is 2.04. The summed E-state index contributed by atoms with van der Waals surface area (Å²) in [4.78, 5) is 0. The molecule has 0 saturated heterocycles. The Morgan fingerprint density at radius 2 is 1.82 bits per heavy atom. The minimum Gasteiger partial charge on any atom is -0.493 e. The van der Waals surface area contributed by atoms with Crippen molar-refractivity contribution < 1.29 is 9.84 Å². The molecule has 2 rings (SSSR count). The minimum atomic E-state index is -0.313. The number of rotatable bonds is 4. The van der Waals surface area contributed by atoms with Gasteiger partial charge in [-0.25, -0.2) is 0 Å². The van der Waals surface area contributed by atoms with Crippen molar-refractivity contribution in [2.75, 3.05) is 6.61 Å². The highest BCUT2D eigenvalue weighted by Crippen LogP contribution is 2.28. The van der Waals surface area contributed by atoms with Crippen LogP contribution in [0.5, 0.6) is 5.75 Å². The van der Waals surface area contributed by atoms with Crippen LogP contribution < -0.4 is 4.74 Å². The lowest BCUT2D eigenvalue weighted by Gasteiger charge is -2.11. The first kappa shape index (κ1) is 11.9. The van der Waals surface area contributed by atoms with Crippen molar-refractivity contribution in [3.05, 3.63) is 42.0 Å². The molecule has 2 aromatic carbocycles. The molecule has 0 aromatic heterocycles. The summed E-state index contributed by atoms with van der Waals surface area (Å²) in [6.45, 7) is 4.42. The van der Waals surface area contributed by atoms with Crippen LogP contribution >= 0.6 is 0 Å². The molecular weight excluding hydrogens is 212 g/mol. The Labute approximate surface area is 102 Å². The van der Waals surface area contributed by atoms with Gasteiger partial charge in [0.05, 0.1) is 12.7 Å². The standard InChI is InChI=1S/C15H18O2/c1-11-7-8-15(17-10-9-12(2)16)14-6-4-3-5-13(11)14/h3-8,12,16H,9-10H2,1-2H3/t12-/m1/s1. The molecule has 90 valence electrons. The van der Waals surface area contributed by atoms with E-state index < -0.39 is 0 Å². The average molecular weight is 230 g/mol. The van der Waals surface area contributed by atoms with Crippen LogP contribution in [0, 0.1) is 6.92 Å². The van der Waals surface area contributed by atoms with Crippen molar-refractivity contribution in [2.24, 2.45) is 0 Å². The van der Waals surface area contributed by atoms with Crippen molar-refractivity contribution in [3.8, 4) is 5.75 Å². The predicted octanol–water partition coefficient (Wildman–Crippen LogP) is 3.30. The normalized spacial score (nSPS) is 12.6. The van der Waals surface area contributed by atoms with Crippen LogP contribution in [-0.4, -0.2) is 17.8 Å². The summed E-state index contributed by atoms with van der Waals surface area (Å²) in [6.07, 6.45) is 0.342. The number of ether oxygens (including phenoxy) is 1. The summed E-state index contributed by atoms with van der Waals surface area (Å²) in [6, 6.07) is 12.3. The van der Waals surface area contributed by atoms with Crippen molar-refractivity contribution in [3.63, 3.8) is 0 Å². The molecule has 0 bridgehead atoms. The Bertz CT molecular complexity index is 503. The third-order valence-corrected chi connectivity index (χ3v) is 2.90. The van der Waals surface area contributed by atoms with Gasteiger partial charge in [-0.15, -0.1) is 0 Å². The van der Waals surface area contributed by atoms with Gasteiger partial charge in [-0.2, -0.15) is 0 Å². The summed E-state index contributed by atoms with van der Waals surface area (Å²) in [5.74, 6) is 0.895. The molecule has 0 aliphatic rings. The fraction of sp³-hybridized carbons (Fsp3) is 0.333. The van der Waals surface area contributed by atoms with E-state index in [-0.39, 0.29) is 6.10 Å². The van der Waals surface area contributed by atoms with Crippen LogP contribution in [-0.2, 0) is 0 Å². The van der Waals surface area contributed by atoms with Gasteiger partial charge in [-0.05, 0) is 30.9 Å². The molecule has 0 saturated carbocycles. The highest BCUT2D eigenvalue weighted by molar-refractivity contribution is 5.90. The SMILES string of the molecule is Cc1ccc(OCC[C@@H](C)O)c2ccccc12. The molecule has 0 aliphatic carbocycles. The lowest BCUT2D eigenvalue weighted by Crippen LogP contribution is -2.07. The van der Waals surface area contributed by atoms with E-state index in [4.69, 9.17) is 4.74 Å². The molecule has 2 heteroatoms. The summed E-state index contributed by atoms with van der Waals surface area (Å²) in [5.41, 5.74) is 1.25. The Hall–Kier alpha value is -1.54. The van der Waals surface area contributed by atoms with Crippen molar-refractivity contribution >= 4 is 10.8 Å². The number of aliphatic hydroxyl groups is 1. The molecule has 2 aromatic rings. The second kappa shape index (κ2) is 5.19. The maximum atomic E-state index is 9.21. The number of aliphatic hydroxyl groups excluding tert-OH is 1. The lowest BCUT2D eigenvalue weighted by molar-refractivity contribution is 0.156. The Morgan fingerprint density at radius 3 is 2.53 bits per heavy atom.